The highest BCUT2D eigenvalue weighted by Crippen LogP contribution is 2.46. The third-order valence-corrected chi connectivity index (χ3v) is 10.1. The summed E-state index contributed by atoms with van der Waals surface area (Å²) >= 11 is 1.82. The minimum Gasteiger partial charge on any atom is -0.309 e. The quantitative estimate of drug-likeness (QED) is 0.194. The molecule has 7 aromatic carbocycles. The molecule has 0 spiro atoms. The number of aromatic nitrogens is 1. The summed E-state index contributed by atoms with van der Waals surface area (Å²) in [5.41, 5.74) is 9.20. The van der Waals surface area contributed by atoms with Crippen LogP contribution in [0.25, 0.3) is 64.1 Å². The SMILES string of the molecule is c1ccc(-c2ccc(N(c3ccc(-c4ccc5ccccc5c4)cc3)c3ccnc4c3sc3ccc5ccccc5c34)cc2)cc1. The summed E-state index contributed by atoms with van der Waals surface area (Å²) in [7, 11) is 0. The fourth-order valence-electron chi connectivity index (χ4n) is 6.62. The Balaban J connectivity index is 1.21. The molecule has 216 valence electrons. The van der Waals surface area contributed by atoms with Gasteiger partial charge in [-0.15, -0.1) is 11.3 Å². The highest BCUT2D eigenvalue weighted by molar-refractivity contribution is 7.26. The van der Waals surface area contributed by atoms with E-state index < -0.39 is 0 Å². The van der Waals surface area contributed by atoms with Gasteiger partial charge in [0.05, 0.1) is 15.9 Å². The van der Waals surface area contributed by atoms with E-state index in [1.165, 1.54) is 58.6 Å². The van der Waals surface area contributed by atoms with Crippen molar-refractivity contribution in [3.63, 3.8) is 0 Å². The average molecular weight is 605 g/mol. The number of pyridine rings is 1. The Morgan fingerprint density at radius 3 is 1.80 bits per heavy atom. The van der Waals surface area contributed by atoms with Crippen LogP contribution < -0.4 is 4.90 Å². The van der Waals surface area contributed by atoms with Crippen LogP contribution in [0.15, 0.2) is 170 Å². The van der Waals surface area contributed by atoms with Gasteiger partial charge in [-0.05, 0) is 86.3 Å². The van der Waals surface area contributed by atoms with E-state index >= 15 is 0 Å². The van der Waals surface area contributed by atoms with E-state index in [-0.39, 0.29) is 0 Å². The molecule has 0 saturated carbocycles. The van der Waals surface area contributed by atoms with Crippen molar-refractivity contribution in [3.05, 3.63) is 170 Å². The molecule has 0 bridgehead atoms. The Morgan fingerprint density at radius 2 is 1.04 bits per heavy atom. The third kappa shape index (κ3) is 4.52. The standard InChI is InChI=1S/C43H28N2S/c1-2-8-29(9-3-1)31-16-21-36(22-17-31)45(37-23-18-32(19-24-37)35-15-14-30-10-4-5-12-34(30)28-35)39-26-27-44-42-41-38-13-7-6-11-33(38)20-25-40(41)46-43(39)42/h1-28H. The van der Waals surface area contributed by atoms with Crippen LogP contribution in [0.3, 0.4) is 0 Å². The number of rotatable bonds is 5. The van der Waals surface area contributed by atoms with Gasteiger partial charge in [-0.3, -0.25) is 4.98 Å². The molecule has 0 saturated heterocycles. The molecule has 46 heavy (non-hydrogen) atoms. The zero-order valence-electron chi connectivity index (χ0n) is 25.0. The summed E-state index contributed by atoms with van der Waals surface area (Å²) in [5.74, 6) is 0. The van der Waals surface area contributed by atoms with Gasteiger partial charge in [0, 0.05) is 27.7 Å². The van der Waals surface area contributed by atoms with Gasteiger partial charge in [-0.2, -0.15) is 0 Å². The van der Waals surface area contributed by atoms with E-state index in [9.17, 15) is 0 Å². The molecule has 0 aliphatic rings. The van der Waals surface area contributed by atoms with Crippen LogP contribution in [0.5, 0.6) is 0 Å². The monoisotopic (exact) mass is 604 g/mol. The lowest BCUT2D eigenvalue weighted by molar-refractivity contribution is 1.29. The molecule has 9 aromatic rings. The zero-order chi connectivity index (χ0) is 30.5. The third-order valence-electron chi connectivity index (χ3n) is 8.91. The van der Waals surface area contributed by atoms with Gasteiger partial charge in [-0.25, -0.2) is 0 Å². The fraction of sp³-hybridized carbons (Fsp3) is 0. The lowest BCUT2D eigenvalue weighted by Gasteiger charge is -2.26. The van der Waals surface area contributed by atoms with Gasteiger partial charge in [0.2, 0.25) is 0 Å². The van der Waals surface area contributed by atoms with Gasteiger partial charge in [0.1, 0.15) is 0 Å². The number of nitrogens with zero attached hydrogens (tertiary/aromatic N) is 2. The molecule has 0 aliphatic heterocycles. The van der Waals surface area contributed by atoms with Crippen LogP contribution in [0, 0.1) is 0 Å². The van der Waals surface area contributed by atoms with Crippen LogP contribution in [-0.2, 0) is 0 Å². The second-order valence-electron chi connectivity index (χ2n) is 11.6. The number of fused-ring (bicyclic) bond motifs is 6. The molecule has 3 heteroatoms. The van der Waals surface area contributed by atoms with Gasteiger partial charge in [-0.1, -0.05) is 121 Å². The maximum atomic E-state index is 4.97. The summed E-state index contributed by atoms with van der Waals surface area (Å²) in [6, 6.07) is 58.9. The molecule has 0 fully saturated rings. The van der Waals surface area contributed by atoms with E-state index in [0.717, 1.165) is 22.6 Å². The Hall–Kier alpha value is -5.77. The van der Waals surface area contributed by atoms with Crippen LogP contribution in [0.1, 0.15) is 0 Å². The first kappa shape index (κ1) is 26.6. The van der Waals surface area contributed by atoms with Gasteiger partial charge in [0.15, 0.2) is 0 Å². The number of thiophene rings is 1. The highest BCUT2D eigenvalue weighted by atomic mass is 32.1. The molecule has 2 aromatic heterocycles. The van der Waals surface area contributed by atoms with E-state index in [1.54, 1.807) is 0 Å². The number of anilines is 3. The first-order valence-electron chi connectivity index (χ1n) is 15.5. The van der Waals surface area contributed by atoms with Crippen LogP contribution >= 0.6 is 11.3 Å². The van der Waals surface area contributed by atoms with Gasteiger partial charge in [0.25, 0.3) is 0 Å². The molecule has 9 rings (SSSR count). The van der Waals surface area contributed by atoms with Crippen LogP contribution in [0.4, 0.5) is 17.1 Å². The Labute approximate surface area is 271 Å². The summed E-state index contributed by atoms with van der Waals surface area (Å²) in [6.07, 6.45) is 1.96. The fourth-order valence-corrected chi connectivity index (χ4v) is 7.80. The molecular formula is C43H28N2S. The molecule has 0 aliphatic carbocycles. The molecule has 0 N–H and O–H groups in total. The second kappa shape index (κ2) is 11.0. The zero-order valence-corrected chi connectivity index (χ0v) is 25.8. The largest absolute Gasteiger partial charge is 0.309 e. The maximum Gasteiger partial charge on any atom is 0.0916 e. The summed E-state index contributed by atoms with van der Waals surface area (Å²) in [5, 5.41) is 6.21. The normalized spacial score (nSPS) is 11.5. The van der Waals surface area contributed by atoms with Crippen molar-refractivity contribution in [2.75, 3.05) is 4.90 Å². The van der Waals surface area contributed by atoms with Crippen molar-refractivity contribution in [2.45, 2.75) is 0 Å². The molecule has 0 atom stereocenters. The predicted octanol–water partition coefficient (Wildman–Crippen LogP) is 12.6. The van der Waals surface area contributed by atoms with Crippen molar-refractivity contribution >= 4 is 70.2 Å². The molecule has 2 nitrogen and oxygen atoms in total. The molecule has 2 heterocycles. The van der Waals surface area contributed by atoms with Crippen molar-refractivity contribution in [1.82, 2.24) is 4.98 Å². The van der Waals surface area contributed by atoms with E-state index in [0.29, 0.717) is 0 Å². The van der Waals surface area contributed by atoms with Crippen molar-refractivity contribution in [2.24, 2.45) is 0 Å². The van der Waals surface area contributed by atoms with Crippen molar-refractivity contribution in [3.8, 4) is 22.3 Å². The van der Waals surface area contributed by atoms with Gasteiger partial charge >= 0.3 is 0 Å². The average Bonchev–Trinajstić information content (AvgIpc) is 3.53. The van der Waals surface area contributed by atoms with Crippen molar-refractivity contribution < 1.29 is 0 Å². The van der Waals surface area contributed by atoms with Gasteiger partial charge < -0.3 is 4.90 Å². The number of hydrogen-bond acceptors (Lipinski definition) is 3. The first-order valence-corrected chi connectivity index (χ1v) is 16.4. The minimum absolute atomic E-state index is 1.05. The van der Waals surface area contributed by atoms with E-state index in [1.807, 2.05) is 17.5 Å². The lowest BCUT2D eigenvalue weighted by Crippen LogP contribution is -2.10. The Morgan fingerprint density at radius 1 is 0.457 bits per heavy atom. The minimum atomic E-state index is 1.05. The number of benzene rings is 7. The van der Waals surface area contributed by atoms with Crippen molar-refractivity contribution in [1.29, 1.82) is 0 Å². The second-order valence-corrected chi connectivity index (χ2v) is 12.7. The molecule has 0 amide bonds. The van der Waals surface area contributed by atoms with Crippen LogP contribution in [-0.4, -0.2) is 4.98 Å². The maximum absolute atomic E-state index is 4.97. The summed E-state index contributed by atoms with van der Waals surface area (Å²) < 4.78 is 2.43. The topological polar surface area (TPSA) is 16.1 Å². The summed E-state index contributed by atoms with van der Waals surface area (Å²) in [4.78, 5) is 7.34. The predicted molar refractivity (Wildman–Crippen MR) is 198 cm³/mol. The van der Waals surface area contributed by atoms with E-state index in [2.05, 4.69) is 169 Å². The Kier molecular flexibility index (Phi) is 6.36. The number of hydrogen-bond donors (Lipinski definition) is 0. The van der Waals surface area contributed by atoms with E-state index in [4.69, 9.17) is 4.98 Å². The molecule has 0 radical (unpaired) electrons. The molecular weight excluding hydrogens is 577 g/mol. The molecule has 0 unspecified atom stereocenters. The highest BCUT2D eigenvalue weighted by Gasteiger charge is 2.20. The first-order chi connectivity index (χ1) is 22.8. The van der Waals surface area contributed by atoms with Crippen LogP contribution in [0.2, 0.25) is 0 Å². The lowest BCUT2D eigenvalue weighted by atomic mass is 10.0. The summed E-state index contributed by atoms with van der Waals surface area (Å²) in [6.45, 7) is 0. The Bertz CT molecular complexity index is 2510. The smallest absolute Gasteiger partial charge is 0.0916 e.